The van der Waals surface area contributed by atoms with Crippen molar-refractivity contribution in [2.24, 2.45) is 0 Å². The molecule has 0 aromatic heterocycles. The van der Waals surface area contributed by atoms with Crippen LogP contribution in [0.5, 0.6) is 17.2 Å². The maximum Gasteiger partial charge on any atom is 0.342 e. The molecular formula is C26H34O11. The normalized spacial score (nSPS) is 24.2. The molecule has 2 heterocycles. The van der Waals surface area contributed by atoms with E-state index in [0.29, 0.717) is 28.4 Å². The highest BCUT2D eigenvalue weighted by atomic mass is 16.7. The quantitative estimate of drug-likeness (QED) is 0.210. The first-order valence-electron chi connectivity index (χ1n) is 11.9. The van der Waals surface area contributed by atoms with Crippen molar-refractivity contribution in [3.8, 4) is 17.2 Å². The van der Waals surface area contributed by atoms with Crippen LogP contribution in [0.3, 0.4) is 0 Å². The highest BCUT2D eigenvalue weighted by Gasteiger charge is 2.58. The lowest BCUT2D eigenvalue weighted by Crippen LogP contribution is -2.50. The van der Waals surface area contributed by atoms with E-state index < -0.39 is 47.4 Å². The summed E-state index contributed by atoms with van der Waals surface area (Å²) in [4.78, 5) is 38.1. The maximum atomic E-state index is 13.0. The van der Waals surface area contributed by atoms with Crippen molar-refractivity contribution in [3.63, 3.8) is 0 Å². The smallest absolute Gasteiger partial charge is 0.342 e. The van der Waals surface area contributed by atoms with Gasteiger partial charge >= 0.3 is 17.9 Å². The zero-order valence-corrected chi connectivity index (χ0v) is 22.3. The van der Waals surface area contributed by atoms with E-state index in [4.69, 9.17) is 33.2 Å². The first-order valence-corrected chi connectivity index (χ1v) is 11.9. The molecule has 2 aliphatic heterocycles. The monoisotopic (exact) mass is 522 g/mol. The number of methoxy groups -OCH3 is 1. The van der Waals surface area contributed by atoms with Gasteiger partial charge in [-0.15, -0.1) is 0 Å². The molecule has 6 atom stereocenters. The van der Waals surface area contributed by atoms with Crippen molar-refractivity contribution in [1.82, 2.24) is 0 Å². The Balaban J connectivity index is 1.82. The zero-order valence-electron chi connectivity index (χ0n) is 22.3. The molecule has 0 amide bonds. The third-order valence-electron chi connectivity index (χ3n) is 6.75. The zero-order chi connectivity index (χ0) is 27.7. The average Bonchev–Trinajstić information content (AvgIpc) is 3.24. The molecule has 11 nitrogen and oxygen atoms in total. The van der Waals surface area contributed by atoms with Gasteiger partial charge in [0.05, 0.1) is 13.2 Å². The van der Waals surface area contributed by atoms with Crippen molar-refractivity contribution >= 4 is 17.9 Å². The number of hydrogen-bond donors (Lipinski definition) is 1. The Morgan fingerprint density at radius 3 is 2.41 bits per heavy atom. The number of carbonyl (C=O) groups excluding carboxylic acids is 3. The van der Waals surface area contributed by atoms with Gasteiger partial charge in [-0.2, -0.15) is 0 Å². The Labute approximate surface area is 215 Å². The van der Waals surface area contributed by atoms with E-state index in [2.05, 4.69) is 0 Å². The molecule has 1 fully saturated rings. The fourth-order valence-corrected chi connectivity index (χ4v) is 3.53. The highest BCUT2D eigenvalue weighted by molar-refractivity contribution is 5.88. The lowest BCUT2D eigenvalue weighted by molar-refractivity contribution is -0.194. The Bertz CT molecular complexity index is 1090. The van der Waals surface area contributed by atoms with Crippen LogP contribution >= 0.6 is 0 Å². The van der Waals surface area contributed by atoms with Gasteiger partial charge < -0.3 is 38.3 Å². The SMILES string of the molecule is CC=C(C)C(=O)O[C@@H](c1cc(OC)c2c(c1)OCO2)[C@@H](C)OC(=O)[C@](C)(O)[C@H](C)OC(=O)[C@@]1(C)O[C@H]1C. The van der Waals surface area contributed by atoms with Gasteiger partial charge in [-0.1, -0.05) is 6.08 Å². The second kappa shape index (κ2) is 10.6. The lowest BCUT2D eigenvalue weighted by atomic mass is 9.99. The molecule has 1 aromatic rings. The number of rotatable bonds is 10. The van der Waals surface area contributed by atoms with Crippen LogP contribution in [0.25, 0.3) is 0 Å². The minimum Gasteiger partial charge on any atom is -0.493 e. The number of aliphatic hydroxyl groups is 1. The molecule has 0 saturated carbocycles. The molecule has 0 radical (unpaired) electrons. The summed E-state index contributed by atoms with van der Waals surface area (Å²) in [6.07, 6.45) is -2.20. The second-order valence-electron chi connectivity index (χ2n) is 9.43. The Morgan fingerprint density at radius 1 is 1.19 bits per heavy atom. The predicted molar refractivity (Wildman–Crippen MR) is 128 cm³/mol. The van der Waals surface area contributed by atoms with E-state index in [-0.39, 0.29) is 12.9 Å². The number of allylic oxidation sites excluding steroid dienone is 1. The van der Waals surface area contributed by atoms with Crippen molar-refractivity contribution in [1.29, 1.82) is 0 Å². The summed E-state index contributed by atoms with van der Waals surface area (Å²) < 4.78 is 38.1. The van der Waals surface area contributed by atoms with Crippen LogP contribution in [0.2, 0.25) is 0 Å². The van der Waals surface area contributed by atoms with Crippen LogP contribution in [-0.4, -0.2) is 66.4 Å². The molecule has 204 valence electrons. The largest absolute Gasteiger partial charge is 0.493 e. The summed E-state index contributed by atoms with van der Waals surface area (Å²) >= 11 is 0. The third kappa shape index (κ3) is 5.67. The number of benzene rings is 1. The summed E-state index contributed by atoms with van der Waals surface area (Å²) in [5, 5.41) is 10.9. The van der Waals surface area contributed by atoms with Crippen LogP contribution < -0.4 is 14.2 Å². The van der Waals surface area contributed by atoms with Crippen LogP contribution in [-0.2, 0) is 33.3 Å². The molecule has 0 unspecified atom stereocenters. The number of esters is 3. The number of epoxide rings is 1. The van der Waals surface area contributed by atoms with Gasteiger partial charge in [0.2, 0.25) is 12.5 Å². The minimum absolute atomic E-state index is 0.00976. The van der Waals surface area contributed by atoms with Gasteiger partial charge in [0.15, 0.2) is 28.8 Å². The second-order valence-corrected chi connectivity index (χ2v) is 9.43. The van der Waals surface area contributed by atoms with Gasteiger partial charge in [0, 0.05) is 11.1 Å². The molecule has 3 rings (SSSR count). The van der Waals surface area contributed by atoms with E-state index in [0.717, 1.165) is 0 Å². The fourth-order valence-electron chi connectivity index (χ4n) is 3.53. The van der Waals surface area contributed by atoms with E-state index in [9.17, 15) is 19.5 Å². The lowest BCUT2D eigenvalue weighted by Gasteiger charge is -2.31. The summed E-state index contributed by atoms with van der Waals surface area (Å²) in [5.74, 6) is -1.31. The van der Waals surface area contributed by atoms with E-state index in [1.165, 1.54) is 27.9 Å². The van der Waals surface area contributed by atoms with E-state index in [1.54, 1.807) is 45.9 Å². The predicted octanol–water partition coefficient (Wildman–Crippen LogP) is 2.77. The standard InChI is InChI=1S/C26H34O11/c1-9-13(2)22(27)36-20(17-10-18(31-8)21-19(11-17)32-12-33-21)14(3)34-23(28)25(6,30)15(4)35-24(29)26(7)16(5)37-26/h9-11,14-16,20,30H,12H2,1-8H3/t14-,15+,16+,20-,25-,26+/m1/s1. The van der Waals surface area contributed by atoms with E-state index >= 15 is 0 Å². The van der Waals surface area contributed by atoms with Crippen LogP contribution in [0.15, 0.2) is 23.8 Å². The Kier molecular flexibility index (Phi) is 8.09. The fraction of sp³-hybridized carbons (Fsp3) is 0.577. The summed E-state index contributed by atoms with van der Waals surface area (Å²) in [6, 6.07) is 3.18. The first kappa shape index (κ1) is 28.3. The number of fused-ring (bicyclic) bond motifs is 1. The van der Waals surface area contributed by atoms with Gasteiger partial charge in [0.25, 0.3) is 0 Å². The number of carbonyl (C=O) groups is 3. The molecule has 0 aliphatic carbocycles. The topological polar surface area (TPSA) is 139 Å². The minimum atomic E-state index is -2.21. The van der Waals surface area contributed by atoms with Crippen molar-refractivity contribution < 1.29 is 52.6 Å². The van der Waals surface area contributed by atoms with Crippen molar-refractivity contribution in [3.05, 3.63) is 29.3 Å². The maximum absolute atomic E-state index is 13.0. The van der Waals surface area contributed by atoms with Crippen LogP contribution in [0, 0.1) is 0 Å². The first-order chi connectivity index (χ1) is 17.3. The van der Waals surface area contributed by atoms with Crippen LogP contribution in [0.4, 0.5) is 0 Å². The molecule has 0 spiro atoms. The summed E-state index contributed by atoms with van der Waals surface area (Å²) in [7, 11) is 1.45. The molecule has 11 heteroatoms. The van der Waals surface area contributed by atoms with Gasteiger partial charge in [-0.25, -0.2) is 14.4 Å². The van der Waals surface area contributed by atoms with E-state index in [1.807, 2.05) is 0 Å². The Morgan fingerprint density at radius 2 is 1.84 bits per heavy atom. The van der Waals surface area contributed by atoms with Gasteiger partial charge in [-0.3, -0.25) is 0 Å². The van der Waals surface area contributed by atoms with Crippen molar-refractivity contribution in [2.45, 2.75) is 84.1 Å². The third-order valence-corrected chi connectivity index (χ3v) is 6.75. The van der Waals surface area contributed by atoms with Gasteiger partial charge in [-0.05, 0) is 60.6 Å². The molecule has 2 aliphatic rings. The van der Waals surface area contributed by atoms with Crippen LogP contribution in [0.1, 0.15) is 60.1 Å². The average molecular weight is 523 g/mol. The molecular weight excluding hydrogens is 488 g/mol. The summed E-state index contributed by atoms with van der Waals surface area (Å²) in [6.45, 7) is 10.6. The Hall–Kier alpha value is -3.31. The molecule has 37 heavy (non-hydrogen) atoms. The summed E-state index contributed by atoms with van der Waals surface area (Å²) in [5.41, 5.74) is -2.58. The highest BCUT2D eigenvalue weighted by Crippen LogP contribution is 2.44. The number of hydrogen-bond acceptors (Lipinski definition) is 11. The molecule has 1 N–H and O–H groups in total. The van der Waals surface area contributed by atoms with Gasteiger partial charge in [0.1, 0.15) is 12.2 Å². The molecule has 1 aromatic carbocycles. The molecule has 1 saturated heterocycles. The number of ether oxygens (including phenoxy) is 7. The molecule has 0 bridgehead atoms. The van der Waals surface area contributed by atoms with Crippen molar-refractivity contribution in [2.75, 3.05) is 13.9 Å².